The number of hydrazine groups is 1. The van der Waals surface area contributed by atoms with Crippen molar-refractivity contribution < 1.29 is 4.74 Å². The molecule has 5 nitrogen and oxygen atoms in total. The number of fused-ring (bicyclic) bond motifs is 1. The fraction of sp³-hybridized carbons (Fsp3) is 0.333. The Morgan fingerprint density at radius 3 is 2.62 bits per heavy atom. The predicted octanol–water partition coefficient (Wildman–Crippen LogP) is 2.96. The van der Waals surface area contributed by atoms with Crippen LogP contribution in [0.15, 0.2) is 24.3 Å². The Morgan fingerprint density at radius 2 is 1.95 bits per heavy atom. The van der Waals surface area contributed by atoms with Gasteiger partial charge in [-0.1, -0.05) is 0 Å². The number of nitrogen functional groups attached to an aromatic ring is 1. The second-order valence-electron chi connectivity index (χ2n) is 5.15. The molecule has 0 atom stereocenters. The summed E-state index contributed by atoms with van der Waals surface area (Å²) in [5, 5.41) is 0. The Morgan fingerprint density at radius 1 is 1.19 bits per heavy atom. The van der Waals surface area contributed by atoms with Gasteiger partial charge in [0.2, 0.25) is 0 Å². The van der Waals surface area contributed by atoms with E-state index in [0.29, 0.717) is 5.82 Å². The molecule has 3 N–H and O–H groups in total. The summed E-state index contributed by atoms with van der Waals surface area (Å²) in [4.78, 5) is 9.18. The first-order chi connectivity index (χ1) is 10.2. The van der Waals surface area contributed by atoms with Crippen LogP contribution in [0.2, 0.25) is 0 Å². The summed E-state index contributed by atoms with van der Waals surface area (Å²) in [6.45, 7) is 4.02. The zero-order valence-electron chi connectivity index (χ0n) is 12.1. The zero-order chi connectivity index (χ0) is 14.8. The fourth-order valence-electron chi connectivity index (χ4n) is 2.25. The van der Waals surface area contributed by atoms with E-state index in [1.165, 1.54) is 0 Å². The van der Waals surface area contributed by atoms with Crippen molar-refractivity contribution in [1.29, 1.82) is 0 Å². The van der Waals surface area contributed by atoms with Gasteiger partial charge < -0.3 is 10.2 Å². The zero-order valence-corrected chi connectivity index (χ0v) is 12.9. The van der Waals surface area contributed by atoms with E-state index in [1.54, 1.807) is 0 Å². The first kappa shape index (κ1) is 14.2. The number of benzene rings is 1. The molecule has 0 spiro atoms. The van der Waals surface area contributed by atoms with E-state index < -0.39 is 0 Å². The maximum atomic E-state index is 5.65. The Bertz CT molecular complexity index is 643. The van der Waals surface area contributed by atoms with Crippen LogP contribution in [0, 0.1) is 0 Å². The number of nitrogens with one attached hydrogen (secondary N) is 1. The minimum absolute atomic E-state index is 0.164. The van der Waals surface area contributed by atoms with Crippen LogP contribution < -0.4 is 16.0 Å². The van der Waals surface area contributed by atoms with Crippen molar-refractivity contribution in [3.05, 3.63) is 35.5 Å². The third-order valence-electron chi connectivity index (χ3n) is 3.20. The molecule has 0 saturated carbocycles. The lowest BCUT2D eigenvalue weighted by Gasteiger charge is -2.11. The van der Waals surface area contributed by atoms with Crippen molar-refractivity contribution in [3.8, 4) is 17.1 Å². The van der Waals surface area contributed by atoms with Gasteiger partial charge in [0.1, 0.15) is 11.6 Å². The summed E-state index contributed by atoms with van der Waals surface area (Å²) in [7, 11) is 0. The number of hydrogen-bond acceptors (Lipinski definition) is 6. The van der Waals surface area contributed by atoms with Gasteiger partial charge in [0.05, 0.1) is 11.8 Å². The molecule has 110 valence electrons. The quantitative estimate of drug-likeness (QED) is 0.668. The molecule has 0 bridgehead atoms. The van der Waals surface area contributed by atoms with Crippen LogP contribution in [0.1, 0.15) is 25.1 Å². The van der Waals surface area contributed by atoms with E-state index in [4.69, 9.17) is 10.6 Å². The summed E-state index contributed by atoms with van der Waals surface area (Å²) in [6, 6.07) is 7.83. The molecule has 0 radical (unpaired) electrons. The fourth-order valence-corrected chi connectivity index (χ4v) is 3.30. The van der Waals surface area contributed by atoms with E-state index in [9.17, 15) is 0 Å². The molecule has 1 aliphatic heterocycles. The molecule has 0 fully saturated rings. The average molecular weight is 302 g/mol. The van der Waals surface area contributed by atoms with E-state index in [2.05, 4.69) is 15.4 Å². The van der Waals surface area contributed by atoms with Crippen LogP contribution in [0.5, 0.6) is 5.75 Å². The lowest BCUT2D eigenvalue weighted by Crippen LogP contribution is -2.12. The van der Waals surface area contributed by atoms with Crippen LogP contribution in [-0.2, 0) is 11.5 Å². The Labute approximate surface area is 128 Å². The van der Waals surface area contributed by atoms with Gasteiger partial charge in [0.15, 0.2) is 5.82 Å². The van der Waals surface area contributed by atoms with Gasteiger partial charge in [-0.3, -0.25) is 0 Å². The molecular weight excluding hydrogens is 284 g/mol. The monoisotopic (exact) mass is 302 g/mol. The van der Waals surface area contributed by atoms with Gasteiger partial charge in [-0.05, 0) is 38.1 Å². The van der Waals surface area contributed by atoms with Crippen LogP contribution in [0.25, 0.3) is 11.4 Å². The molecule has 0 aliphatic carbocycles. The number of aromatic nitrogens is 2. The molecule has 2 aromatic rings. The minimum atomic E-state index is 0.164. The number of nitrogens with zero attached hydrogens (tertiary/aromatic N) is 2. The summed E-state index contributed by atoms with van der Waals surface area (Å²) in [6.07, 6.45) is 0.164. The normalized spacial score (nSPS) is 13.3. The van der Waals surface area contributed by atoms with Crippen LogP contribution in [0.3, 0.4) is 0 Å². The van der Waals surface area contributed by atoms with Gasteiger partial charge in [0, 0.05) is 22.6 Å². The molecule has 0 amide bonds. The van der Waals surface area contributed by atoms with Gasteiger partial charge in [-0.2, -0.15) is 11.8 Å². The maximum absolute atomic E-state index is 5.65. The predicted molar refractivity (Wildman–Crippen MR) is 86.0 cm³/mol. The molecule has 0 saturated heterocycles. The van der Waals surface area contributed by atoms with Crippen LogP contribution in [0.4, 0.5) is 5.82 Å². The van der Waals surface area contributed by atoms with Crippen LogP contribution >= 0.6 is 11.8 Å². The van der Waals surface area contributed by atoms with Crippen molar-refractivity contribution in [3.63, 3.8) is 0 Å². The van der Waals surface area contributed by atoms with E-state index in [0.717, 1.165) is 39.9 Å². The Kier molecular flexibility index (Phi) is 3.98. The molecule has 2 heterocycles. The van der Waals surface area contributed by atoms with Crippen molar-refractivity contribution >= 4 is 17.6 Å². The van der Waals surface area contributed by atoms with Crippen molar-refractivity contribution in [2.24, 2.45) is 5.84 Å². The molecular formula is C15H18N4OS. The average Bonchev–Trinajstić information content (AvgIpc) is 2.94. The summed E-state index contributed by atoms with van der Waals surface area (Å²) in [5.74, 6) is 9.67. The van der Waals surface area contributed by atoms with Gasteiger partial charge in [-0.15, -0.1) is 0 Å². The number of rotatable bonds is 4. The summed E-state index contributed by atoms with van der Waals surface area (Å²) >= 11 is 1.83. The standard InChI is InChI=1S/C15H18N4OS/c1-9(2)20-11-5-3-10(4-6-11)14-17-13-8-21-7-12(13)15(18-14)19-16/h3-6,9H,7-8,16H2,1-2H3,(H,17,18,19). The molecule has 1 aromatic carbocycles. The first-order valence-electron chi connectivity index (χ1n) is 6.88. The van der Waals surface area contributed by atoms with Crippen LogP contribution in [-0.4, -0.2) is 16.1 Å². The van der Waals surface area contributed by atoms with E-state index >= 15 is 0 Å². The lowest BCUT2D eigenvalue weighted by molar-refractivity contribution is 0.242. The highest BCUT2D eigenvalue weighted by Crippen LogP contribution is 2.34. The summed E-state index contributed by atoms with van der Waals surface area (Å²) in [5.41, 5.74) is 5.83. The number of anilines is 1. The summed E-state index contributed by atoms with van der Waals surface area (Å²) < 4.78 is 5.65. The Balaban J connectivity index is 1.93. The molecule has 0 unspecified atom stereocenters. The maximum Gasteiger partial charge on any atom is 0.161 e. The van der Waals surface area contributed by atoms with Crippen molar-refractivity contribution in [2.75, 3.05) is 5.43 Å². The number of ether oxygens (including phenoxy) is 1. The third kappa shape index (κ3) is 2.96. The molecule has 21 heavy (non-hydrogen) atoms. The van der Waals surface area contributed by atoms with Crippen molar-refractivity contribution in [2.45, 2.75) is 31.5 Å². The SMILES string of the molecule is CC(C)Oc1ccc(-c2nc3c(c(NN)n2)CSC3)cc1. The smallest absolute Gasteiger partial charge is 0.161 e. The Hall–Kier alpha value is -1.79. The molecule has 6 heteroatoms. The number of hydrogen-bond donors (Lipinski definition) is 2. The largest absolute Gasteiger partial charge is 0.491 e. The van der Waals surface area contributed by atoms with Gasteiger partial charge in [-0.25, -0.2) is 15.8 Å². The van der Waals surface area contributed by atoms with Gasteiger partial charge in [0.25, 0.3) is 0 Å². The highest BCUT2D eigenvalue weighted by molar-refractivity contribution is 7.98. The molecule has 3 rings (SSSR count). The van der Waals surface area contributed by atoms with E-state index in [1.807, 2.05) is 49.9 Å². The number of nitrogens with two attached hydrogens (primary N) is 1. The second-order valence-corrected chi connectivity index (χ2v) is 6.13. The highest BCUT2D eigenvalue weighted by Gasteiger charge is 2.19. The highest BCUT2D eigenvalue weighted by atomic mass is 32.2. The van der Waals surface area contributed by atoms with E-state index in [-0.39, 0.29) is 6.10 Å². The number of thioether (sulfide) groups is 1. The minimum Gasteiger partial charge on any atom is -0.491 e. The molecule has 1 aromatic heterocycles. The van der Waals surface area contributed by atoms with Crippen molar-refractivity contribution in [1.82, 2.24) is 9.97 Å². The van der Waals surface area contributed by atoms with Gasteiger partial charge >= 0.3 is 0 Å². The topological polar surface area (TPSA) is 73.1 Å². The first-order valence-corrected chi connectivity index (χ1v) is 8.04. The lowest BCUT2D eigenvalue weighted by atomic mass is 10.2. The second kappa shape index (κ2) is 5.91. The molecule has 1 aliphatic rings. The third-order valence-corrected chi connectivity index (χ3v) is 4.17.